The summed E-state index contributed by atoms with van der Waals surface area (Å²) in [5, 5.41) is 4.19. The van der Waals surface area contributed by atoms with E-state index in [1.54, 1.807) is 18.7 Å². The van der Waals surface area contributed by atoms with Crippen LogP contribution in [0.1, 0.15) is 32.3 Å². The first-order valence-corrected chi connectivity index (χ1v) is 8.26. The van der Waals surface area contributed by atoms with E-state index in [-0.39, 0.29) is 0 Å². The third-order valence-corrected chi connectivity index (χ3v) is 4.37. The normalized spacial score (nSPS) is 12.9. The van der Waals surface area contributed by atoms with E-state index in [4.69, 9.17) is 8.94 Å². The summed E-state index contributed by atoms with van der Waals surface area (Å²) in [7, 11) is 0. The Hall–Kier alpha value is -2.40. The van der Waals surface area contributed by atoms with E-state index in [1.165, 1.54) is 0 Å². The molecule has 0 aliphatic rings. The Labute approximate surface area is 142 Å². The molecule has 0 saturated carbocycles. The van der Waals surface area contributed by atoms with Crippen LogP contribution >= 0.6 is 0 Å². The van der Waals surface area contributed by atoms with E-state index >= 15 is 0 Å². The van der Waals surface area contributed by atoms with E-state index in [9.17, 15) is 0 Å². The van der Waals surface area contributed by atoms with Gasteiger partial charge in [-0.05, 0) is 37.1 Å². The first kappa shape index (κ1) is 16.5. The number of pyridine rings is 1. The molecular formula is C19H23N3O2. The minimum Gasteiger partial charge on any atom is -0.468 e. The Morgan fingerprint density at radius 2 is 1.79 bits per heavy atom. The lowest BCUT2D eigenvalue weighted by Gasteiger charge is -2.30. The molecule has 0 spiro atoms. The topological polar surface area (TPSA) is 55.3 Å². The highest BCUT2D eigenvalue weighted by molar-refractivity contribution is 5.57. The molecule has 5 heteroatoms. The third kappa shape index (κ3) is 3.92. The second kappa shape index (κ2) is 7.45. The molecule has 5 nitrogen and oxygen atoms in total. The maximum absolute atomic E-state index is 5.56. The molecule has 0 aromatic carbocycles. The van der Waals surface area contributed by atoms with Gasteiger partial charge in [0.25, 0.3) is 0 Å². The Morgan fingerprint density at radius 1 is 1.04 bits per heavy atom. The fraction of sp³-hybridized carbons (Fsp3) is 0.368. The molecule has 0 saturated heterocycles. The van der Waals surface area contributed by atoms with Gasteiger partial charge in [0.2, 0.25) is 0 Å². The van der Waals surface area contributed by atoms with Gasteiger partial charge in [0.05, 0.1) is 19.4 Å². The molecule has 126 valence electrons. The molecule has 3 heterocycles. The van der Waals surface area contributed by atoms with Crippen molar-refractivity contribution in [2.75, 3.05) is 0 Å². The Morgan fingerprint density at radius 3 is 2.46 bits per heavy atom. The molecule has 0 unspecified atom stereocenters. The van der Waals surface area contributed by atoms with Gasteiger partial charge in [-0.2, -0.15) is 0 Å². The molecule has 0 aliphatic heterocycles. The van der Waals surface area contributed by atoms with Crippen LogP contribution in [0.3, 0.4) is 0 Å². The predicted octanol–water partition coefficient (Wildman–Crippen LogP) is 4.38. The van der Waals surface area contributed by atoms with E-state index in [0.717, 1.165) is 29.3 Å². The van der Waals surface area contributed by atoms with Crippen molar-refractivity contribution in [3.05, 3.63) is 60.5 Å². The van der Waals surface area contributed by atoms with Crippen LogP contribution in [-0.2, 0) is 13.1 Å². The summed E-state index contributed by atoms with van der Waals surface area (Å²) in [4.78, 5) is 6.38. The van der Waals surface area contributed by atoms with E-state index < -0.39 is 0 Å². The van der Waals surface area contributed by atoms with Gasteiger partial charge in [0.15, 0.2) is 5.76 Å². The van der Waals surface area contributed by atoms with Crippen LogP contribution in [0.5, 0.6) is 0 Å². The average molecular weight is 325 g/mol. The zero-order valence-corrected chi connectivity index (χ0v) is 14.3. The van der Waals surface area contributed by atoms with E-state index in [1.807, 2.05) is 30.3 Å². The molecule has 3 aromatic heterocycles. The fourth-order valence-corrected chi connectivity index (χ4v) is 2.61. The van der Waals surface area contributed by atoms with Crippen molar-refractivity contribution in [3.8, 4) is 11.3 Å². The first-order chi connectivity index (χ1) is 11.6. The van der Waals surface area contributed by atoms with Crippen LogP contribution < -0.4 is 0 Å². The van der Waals surface area contributed by atoms with Crippen molar-refractivity contribution in [2.24, 2.45) is 5.92 Å². The zero-order valence-electron chi connectivity index (χ0n) is 14.3. The highest BCUT2D eigenvalue weighted by Crippen LogP contribution is 2.22. The predicted molar refractivity (Wildman–Crippen MR) is 92.0 cm³/mol. The summed E-state index contributed by atoms with van der Waals surface area (Å²) < 4.78 is 11.1. The molecule has 0 fully saturated rings. The molecule has 0 bridgehead atoms. The van der Waals surface area contributed by atoms with Gasteiger partial charge in [-0.1, -0.05) is 19.0 Å². The summed E-state index contributed by atoms with van der Waals surface area (Å²) >= 11 is 0. The van der Waals surface area contributed by atoms with Crippen LogP contribution in [0.4, 0.5) is 0 Å². The highest BCUT2D eigenvalue weighted by Gasteiger charge is 2.21. The SMILES string of the molecule is CC(C)[C@@H](C)N(Cc1ccco1)Cc1cc(-c2ccncc2)no1. The molecule has 0 N–H and O–H groups in total. The van der Waals surface area contributed by atoms with Crippen molar-refractivity contribution in [1.82, 2.24) is 15.0 Å². The summed E-state index contributed by atoms with van der Waals surface area (Å²) in [6, 6.07) is 10.2. The fourth-order valence-electron chi connectivity index (χ4n) is 2.61. The number of aromatic nitrogens is 2. The van der Waals surface area contributed by atoms with Crippen molar-refractivity contribution >= 4 is 0 Å². The van der Waals surface area contributed by atoms with E-state index in [0.29, 0.717) is 18.5 Å². The quantitative estimate of drug-likeness (QED) is 0.645. The van der Waals surface area contributed by atoms with Crippen LogP contribution in [0.15, 0.2) is 57.9 Å². The van der Waals surface area contributed by atoms with Gasteiger partial charge in [-0.3, -0.25) is 9.88 Å². The number of furan rings is 1. The van der Waals surface area contributed by atoms with Gasteiger partial charge in [-0.15, -0.1) is 0 Å². The molecule has 0 aliphatic carbocycles. The van der Waals surface area contributed by atoms with Crippen LogP contribution in [-0.4, -0.2) is 21.1 Å². The van der Waals surface area contributed by atoms with Gasteiger partial charge in [-0.25, -0.2) is 0 Å². The Bertz CT molecular complexity index is 735. The van der Waals surface area contributed by atoms with Crippen LogP contribution in [0, 0.1) is 5.92 Å². The van der Waals surface area contributed by atoms with Crippen molar-refractivity contribution in [1.29, 1.82) is 0 Å². The van der Waals surface area contributed by atoms with Gasteiger partial charge in [0, 0.05) is 30.1 Å². The number of hydrogen-bond acceptors (Lipinski definition) is 5. The van der Waals surface area contributed by atoms with Gasteiger partial charge >= 0.3 is 0 Å². The van der Waals surface area contributed by atoms with E-state index in [2.05, 4.69) is 35.8 Å². The van der Waals surface area contributed by atoms with Crippen LogP contribution in [0.25, 0.3) is 11.3 Å². The molecule has 3 rings (SSSR count). The lowest BCUT2D eigenvalue weighted by atomic mass is 10.0. The van der Waals surface area contributed by atoms with Gasteiger partial charge in [0.1, 0.15) is 11.5 Å². The number of rotatable bonds is 7. The monoisotopic (exact) mass is 325 g/mol. The number of hydrogen-bond donors (Lipinski definition) is 0. The highest BCUT2D eigenvalue weighted by atomic mass is 16.5. The molecular weight excluding hydrogens is 302 g/mol. The molecule has 0 radical (unpaired) electrons. The maximum Gasteiger partial charge on any atom is 0.151 e. The zero-order chi connectivity index (χ0) is 16.9. The second-order valence-electron chi connectivity index (χ2n) is 6.38. The lowest BCUT2D eigenvalue weighted by molar-refractivity contribution is 0.126. The smallest absolute Gasteiger partial charge is 0.151 e. The Balaban J connectivity index is 1.76. The largest absolute Gasteiger partial charge is 0.468 e. The summed E-state index contributed by atoms with van der Waals surface area (Å²) in [5.41, 5.74) is 1.84. The molecule has 24 heavy (non-hydrogen) atoms. The Kier molecular flexibility index (Phi) is 5.11. The minimum absolute atomic E-state index is 0.393. The van der Waals surface area contributed by atoms with Gasteiger partial charge < -0.3 is 8.94 Å². The van der Waals surface area contributed by atoms with Crippen LogP contribution in [0.2, 0.25) is 0 Å². The minimum atomic E-state index is 0.393. The molecule has 3 aromatic rings. The standard InChI is InChI=1S/C19H23N3O2/c1-14(2)15(3)22(12-17-5-4-10-23-17)13-18-11-19(21-24-18)16-6-8-20-9-7-16/h4-11,14-15H,12-13H2,1-3H3/t15-/m1/s1. The summed E-state index contributed by atoms with van der Waals surface area (Å²) in [6.45, 7) is 8.12. The van der Waals surface area contributed by atoms with Crippen molar-refractivity contribution < 1.29 is 8.94 Å². The number of nitrogens with zero attached hydrogens (tertiary/aromatic N) is 3. The lowest BCUT2D eigenvalue weighted by Crippen LogP contribution is -2.35. The summed E-state index contributed by atoms with van der Waals surface area (Å²) in [5.74, 6) is 2.33. The third-order valence-electron chi connectivity index (χ3n) is 4.37. The molecule has 1 atom stereocenters. The summed E-state index contributed by atoms with van der Waals surface area (Å²) in [6.07, 6.45) is 5.23. The van der Waals surface area contributed by atoms with Crippen molar-refractivity contribution in [3.63, 3.8) is 0 Å². The second-order valence-corrected chi connectivity index (χ2v) is 6.38. The first-order valence-electron chi connectivity index (χ1n) is 8.26. The average Bonchev–Trinajstić information content (AvgIpc) is 3.26. The van der Waals surface area contributed by atoms with Crippen molar-refractivity contribution in [2.45, 2.75) is 39.9 Å². The molecule has 0 amide bonds. The maximum atomic E-state index is 5.56.